The number of carbonyl (C=O) groups is 2. The van der Waals surface area contributed by atoms with Gasteiger partial charge in [-0.2, -0.15) is 0 Å². The Morgan fingerprint density at radius 3 is 2.88 bits per heavy atom. The van der Waals surface area contributed by atoms with Gasteiger partial charge in [0.25, 0.3) is 0 Å². The van der Waals surface area contributed by atoms with E-state index in [-0.39, 0.29) is 24.6 Å². The quantitative estimate of drug-likeness (QED) is 0.608. The molecule has 5 heteroatoms. The molecular formula is C19H24O5. The van der Waals surface area contributed by atoms with Crippen LogP contribution in [0.25, 0.3) is 0 Å². The minimum Gasteiger partial charge on any atom is -0.467 e. The van der Waals surface area contributed by atoms with Crippen molar-refractivity contribution in [1.82, 2.24) is 0 Å². The van der Waals surface area contributed by atoms with Crippen molar-refractivity contribution in [3.8, 4) is 5.75 Å². The first kappa shape index (κ1) is 18.2. The van der Waals surface area contributed by atoms with E-state index in [1.807, 2.05) is 6.08 Å². The Hall–Kier alpha value is -2.14. The van der Waals surface area contributed by atoms with Crippen LogP contribution in [-0.2, 0) is 14.3 Å². The van der Waals surface area contributed by atoms with Crippen LogP contribution in [0, 0.1) is 0 Å². The van der Waals surface area contributed by atoms with Gasteiger partial charge in [-0.1, -0.05) is 18.2 Å². The fourth-order valence-electron chi connectivity index (χ4n) is 2.61. The SMILES string of the molecule is COCOc1ccccc1C(=O)OC1CCC=CC(=O)CCCC1. The minimum absolute atomic E-state index is 0.0759. The number of hydrogen-bond acceptors (Lipinski definition) is 5. The summed E-state index contributed by atoms with van der Waals surface area (Å²) in [6.07, 6.45) is 7.83. The highest BCUT2D eigenvalue weighted by Gasteiger charge is 2.19. The highest BCUT2D eigenvalue weighted by molar-refractivity contribution is 5.92. The molecule has 0 N–H and O–H groups in total. The molecule has 0 saturated heterocycles. The molecule has 0 aliphatic heterocycles. The highest BCUT2D eigenvalue weighted by atomic mass is 16.7. The normalized spacial score (nSPS) is 18.9. The van der Waals surface area contributed by atoms with Crippen molar-refractivity contribution in [2.75, 3.05) is 13.9 Å². The van der Waals surface area contributed by atoms with Gasteiger partial charge < -0.3 is 14.2 Å². The molecule has 5 nitrogen and oxygen atoms in total. The van der Waals surface area contributed by atoms with Crippen LogP contribution in [0.1, 0.15) is 48.9 Å². The zero-order valence-corrected chi connectivity index (χ0v) is 14.0. The molecule has 24 heavy (non-hydrogen) atoms. The highest BCUT2D eigenvalue weighted by Crippen LogP contribution is 2.22. The molecule has 1 aromatic carbocycles. The molecule has 130 valence electrons. The Morgan fingerprint density at radius 1 is 1.21 bits per heavy atom. The van der Waals surface area contributed by atoms with Crippen LogP contribution in [0.15, 0.2) is 36.4 Å². The van der Waals surface area contributed by atoms with Crippen LogP contribution in [0.4, 0.5) is 0 Å². The van der Waals surface area contributed by atoms with Gasteiger partial charge in [-0.05, 0) is 50.3 Å². The van der Waals surface area contributed by atoms with Crippen molar-refractivity contribution in [3.63, 3.8) is 0 Å². The van der Waals surface area contributed by atoms with Crippen molar-refractivity contribution in [1.29, 1.82) is 0 Å². The van der Waals surface area contributed by atoms with E-state index in [4.69, 9.17) is 14.2 Å². The summed E-state index contributed by atoms with van der Waals surface area (Å²) in [6.45, 7) is 0.0759. The van der Waals surface area contributed by atoms with Gasteiger partial charge >= 0.3 is 5.97 Å². The summed E-state index contributed by atoms with van der Waals surface area (Å²) in [5.41, 5.74) is 0.400. The topological polar surface area (TPSA) is 61.8 Å². The van der Waals surface area contributed by atoms with Crippen molar-refractivity contribution < 1.29 is 23.8 Å². The number of allylic oxidation sites excluding steroid dienone is 2. The third-order valence-corrected chi connectivity index (χ3v) is 3.87. The molecule has 0 bridgehead atoms. The zero-order valence-electron chi connectivity index (χ0n) is 14.0. The van der Waals surface area contributed by atoms with Crippen LogP contribution < -0.4 is 4.74 Å². The Balaban J connectivity index is 1.99. The maximum absolute atomic E-state index is 12.5. The van der Waals surface area contributed by atoms with Crippen LogP contribution in [0.2, 0.25) is 0 Å². The summed E-state index contributed by atoms with van der Waals surface area (Å²) in [4.78, 5) is 24.0. The van der Waals surface area contributed by atoms with E-state index in [0.717, 1.165) is 32.1 Å². The smallest absolute Gasteiger partial charge is 0.342 e. The lowest BCUT2D eigenvalue weighted by Gasteiger charge is -2.19. The van der Waals surface area contributed by atoms with Crippen molar-refractivity contribution in [3.05, 3.63) is 42.0 Å². The molecule has 0 fully saturated rings. The maximum atomic E-state index is 12.5. The molecule has 1 aromatic rings. The maximum Gasteiger partial charge on any atom is 0.342 e. The average Bonchev–Trinajstić information content (AvgIpc) is 2.60. The molecule has 0 amide bonds. The molecule has 1 atom stereocenters. The molecule has 2 rings (SSSR count). The third-order valence-electron chi connectivity index (χ3n) is 3.87. The Kier molecular flexibility index (Phi) is 7.49. The predicted molar refractivity (Wildman–Crippen MR) is 90.0 cm³/mol. The van der Waals surface area contributed by atoms with Crippen LogP contribution in [0.5, 0.6) is 5.75 Å². The van der Waals surface area contributed by atoms with E-state index in [1.165, 1.54) is 7.11 Å². The lowest BCUT2D eigenvalue weighted by Crippen LogP contribution is -2.19. The summed E-state index contributed by atoms with van der Waals surface area (Å²) < 4.78 is 16.0. The number of methoxy groups -OCH3 is 1. The fourth-order valence-corrected chi connectivity index (χ4v) is 2.61. The summed E-state index contributed by atoms with van der Waals surface area (Å²) in [5, 5.41) is 0. The van der Waals surface area contributed by atoms with Gasteiger partial charge in [-0.3, -0.25) is 4.79 Å². The summed E-state index contributed by atoms with van der Waals surface area (Å²) in [5.74, 6) is 0.244. The standard InChI is InChI=1S/C19H24O5/c1-22-14-23-18-13-7-6-12-17(18)19(21)24-16-10-4-2-8-15(20)9-3-5-11-16/h2,6-8,12-13,16H,3-5,9-11,14H2,1H3. The second-order valence-corrected chi connectivity index (χ2v) is 5.77. The lowest BCUT2D eigenvalue weighted by molar-refractivity contribution is -0.114. The summed E-state index contributed by atoms with van der Waals surface area (Å²) >= 11 is 0. The average molecular weight is 332 g/mol. The van der Waals surface area contributed by atoms with Gasteiger partial charge in [0.2, 0.25) is 0 Å². The molecule has 1 unspecified atom stereocenters. The number of ketones is 1. The summed E-state index contributed by atoms with van der Waals surface area (Å²) in [7, 11) is 1.53. The number of rotatable bonds is 5. The van der Waals surface area contributed by atoms with Gasteiger partial charge in [-0.15, -0.1) is 0 Å². The molecule has 0 spiro atoms. The fraction of sp³-hybridized carbons (Fsp3) is 0.474. The molecule has 1 aliphatic rings. The van der Waals surface area contributed by atoms with Gasteiger partial charge in [0.1, 0.15) is 17.4 Å². The van der Waals surface area contributed by atoms with Gasteiger partial charge in [0.15, 0.2) is 12.6 Å². The van der Waals surface area contributed by atoms with E-state index < -0.39 is 0 Å². The molecule has 0 radical (unpaired) electrons. The van der Waals surface area contributed by atoms with Crippen molar-refractivity contribution in [2.24, 2.45) is 0 Å². The number of esters is 1. The Bertz CT molecular complexity index is 579. The number of para-hydroxylation sites is 1. The lowest BCUT2D eigenvalue weighted by atomic mass is 10.0. The number of benzene rings is 1. The van der Waals surface area contributed by atoms with Gasteiger partial charge in [-0.25, -0.2) is 4.79 Å². The third kappa shape index (κ3) is 5.81. The van der Waals surface area contributed by atoms with E-state index in [1.54, 1.807) is 30.3 Å². The number of ether oxygens (including phenoxy) is 3. The second-order valence-electron chi connectivity index (χ2n) is 5.77. The predicted octanol–water partition coefficient (Wildman–Crippen LogP) is 3.67. The number of hydrogen-bond donors (Lipinski definition) is 0. The molecule has 0 heterocycles. The van der Waals surface area contributed by atoms with Crippen molar-refractivity contribution in [2.45, 2.75) is 44.6 Å². The Labute approximate surface area is 142 Å². The van der Waals surface area contributed by atoms with Crippen LogP contribution in [-0.4, -0.2) is 31.8 Å². The van der Waals surface area contributed by atoms with E-state index >= 15 is 0 Å². The van der Waals surface area contributed by atoms with Crippen LogP contribution in [0.3, 0.4) is 0 Å². The van der Waals surface area contributed by atoms with E-state index in [0.29, 0.717) is 17.7 Å². The van der Waals surface area contributed by atoms with Crippen molar-refractivity contribution >= 4 is 11.8 Å². The number of carbonyl (C=O) groups excluding carboxylic acids is 2. The van der Waals surface area contributed by atoms with Gasteiger partial charge in [0, 0.05) is 13.5 Å². The molecule has 0 saturated carbocycles. The zero-order chi connectivity index (χ0) is 17.2. The second kappa shape index (κ2) is 9.88. The van der Waals surface area contributed by atoms with E-state index in [9.17, 15) is 9.59 Å². The van der Waals surface area contributed by atoms with Crippen LogP contribution >= 0.6 is 0 Å². The Morgan fingerprint density at radius 2 is 2.04 bits per heavy atom. The monoisotopic (exact) mass is 332 g/mol. The van der Waals surface area contributed by atoms with E-state index in [2.05, 4.69) is 0 Å². The first-order valence-corrected chi connectivity index (χ1v) is 8.32. The summed E-state index contributed by atoms with van der Waals surface area (Å²) in [6, 6.07) is 6.98. The first-order valence-electron chi connectivity index (χ1n) is 8.32. The molecule has 0 aromatic heterocycles. The minimum atomic E-state index is -0.385. The molecular weight excluding hydrogens is 308 g/mol. The largest absolute Gasteiger partial charge is 0.467 e. The first-order chi connectivity index (χ1) is 11.7. The van der Waals surface area contributed by atoms with Gasteiger partial charge in [0.05, 0.1) is 0 Å². The molecule has 1 aliphatic carbocycles.